The molecule has 0 spiro atoms. The fourth-order valence-electron chi connectivity index (χ4n) is 2.77. The first kappa shape index (κ1) is 15.1. The number of aliphatic carboxylic acids is 1. The largest absolute Gasteiger partial charge is 0.480 e. The second-order valence-electron chi connectivity index (χ2n) is 5.08. The second kappa shape index (κ2) is 5.97. The lowest BCUT2D eigenvalue weighted by molar-refractivity contribution is -0.154. The second-order valence-corrected chi connectivity index (χ2v) is 6.45. The summed E-state index contributed by atoms with van der Waals surface area (Å²) in [5, 5.41) is 9.67. The number of likely N-dealkylation sites (N-methyl/N-ethyl adjacent to an activating group) is 1. The quantitative estimate of drug-likeness (QED) is 0.844. The predicted octanol–water partition coefficient (Wildman–Crippen LogP) is 2.29. The number of thioether (sulfide) groups is 1. The van der Waals surface area contributed by atoms with Gasteiger partial charge in [0.25, 0.3) is 0 Å². The molecule has 4 nitrogen and oxygen atoms in total. The molecule has 1 aromatic rings. The van der Waals surface area contributed by atoms with E-state index in [1.54, 1.807) is 30.6 Å². The normalized spacial score (nSPS) is 26.6. The van der Waals surface area contributed by atoms with Gasteiger partial charge in [-0.25, -0.2) is 4.79 Å². The monoisotopic (exact) mass is 293 g/mol. The summed E-state index contributed by atoms with van der Waals surface area (Å²) in [5.74, 6) is -1.23. The van der Waals surface area contributed by atoms with Crippen molar-refractivity contribution in [1.82, 2.24) is 4.90 Å². The van der Waals surface area contributed by atoms with Gasteiger partial charge in [-0.1, -0.05) is 25.1 Å². The van der Waals surface area contributed by atoms with E-state index in [1.165, 1.54) is 0 Å². The Labute approximate surface area is 123 Å². The van der Waals surface area contributed by atoms with E-state index in [-0.39, 0.29) is 17.5 Å². The van der Waals surface area contributed by atoms with Gasteiger partial charge in [0.15, 0.2) is 11.3 Å². The van der Waals surface area contributed by atoms with Gasteiger partial charge in [0.05, 0.1) is 0 Å². The van der Waals surface area contributed by atoms with Crippen molar-refractivity contribution in [2.24, 2.45) is 0 Å². The number of likely N-dealkylation sites (tertiary alicyclic amines) is 1. The Morgan fingerprint density at radius 3 is 2.60 bits per heavy atom. The van der Waals surface area contributed by atoms with E-state index in [0.29, 0.717) is 13.0 Å². The molecule has 0 bridgehead atoms. The summed E-state index contributed by atoms with van der Waals surface area (Å²) in [6.07, 6.45) is 0.616. The smallest absolute Gasteiger partial charge is 0.331 e. The van der Waals surface area contributed by atoms with Crippen molar-refractivity contribution in [3.05, 3.63) is 30.3 Å². The molecule has 1 heterocycles. The van der Waals surface area contributed by atoms with Gasteiger partial charge in [-0.3, -0.25) is 9.69 Å². The van der Waals surface area contributed by atoms with Gasteiger partial charge < -0.3 is 5.11 Å². The molecule has 0 aromatic heterocycles. The lowest BCUT2D eigenvalue weighted by atomic mass is 9.89. The Balaban J connectivity index is 2.18. The molecular weight excluding hydrogens is 274 g/mol. The first-order chi connectivity index (χ1) is 9.50. The van der Waals surface area contributed by atoms with Crippen LogP contribution in [0.3, 0.4) is 0 Å². The van der Waals surface area contributed by atoms with E-state index in [1.807, 2.05) is 30.3 Å². The van der Waals surface area contributed by atoms with Crippen molar-refractivity contribution in [3.63, 3.8) is 0 Å². The molecule has 5 heteroatoms. The molecule has 108 valence electrons. The third kappa shape index (κ3) is 2.60. The highest BCUT2D eigenvalue weighted by atomic mass is 32.2. The number of hydrogen-bond acceptors (Lipinski definition) is 4. The number of carboxylic acids is 1. The van der Waals surface area contributed by atoms with Gasteiger partial charge in [-0.15, -0.1) is 11.8 Å². The predicted molar refractivity (Wildman–Crippen MR) is 79.0 cm³/mol. The van der Waals surface area contributed by atoms with Gasteiger partial charge in [-0.05, 0) is 25.6 Å². The first-order valence-corrected chi connectivity index (χ1v) is 7.58. The molecule has 1 aliphatic rings. The number of ketones is 1. The van der Waals surface area contributed by atoms with Crippen LogP contribution in [0.2, 0.25) is 0 Å². The molecule has 1 saturated heterocycles. The number of carboxylic acid groups (broad SMARTS) is 1. The topological polar surface area (TPSA) is 57.6 Å². The van der Waals surface area contributed by atoms with Crippen molar-refractivity contribution >= 4 is 23.5 Å². The van der Waals surface area contributed by atoms with E-state index in [2.05, 4.69) is 0 Å². The van der Waals surface area contributed by atoms with E-state index in [0.717, 1.165) is 4.90 Å². The maximum absolute atomic E-state index is 12.2. The maximum Gasteiger partial charge on any atom is 0.331 e. The van der Waals surface area contributed by atoms with E-state index in [4.69, 9.17) is 0 Å². The maximum atomic E-state index is 12.2. The van der Waals surface area contributed by atoms with Crippen LogP contribution in [0.4, 0.5) is 0 Å². The van der Waals surface area contributed by atoms with Gasteiger partial charge in [0.2, 0.25) is 0 Å². The van der Waals surface area contributed by atoms with E-state index < -0.39 is 11.5 Å². The third-order valence-electron chi connectivity index (χ3n) is 3.83. The molecule has 0 radical (unpaired) electrons. The lowest BCUT2D eigenvalue weighted by Crippen LogP contribution is -2.54. The van der Waals surface area contributed by atoms with E-state index >= 15 is 0 Å². The molecule has 0 aliphatic carbocycles. The summed E-state index contributed by atoms with van der Waals surface area (Å²) >= 11 is 1.65. The van der Waals surface area contributed by atoms with E-state index in [9.17, 15) is 14.7 Å². The van der Waals surface area contributed by atoms with Crippen LogP contribution in [0, 0.1) is 0 Å². The first-order valence-electron chi connectivity index (χ1n) is 6.70. The zero-order valence-electron chi connectivity index (χ0n) is 11.7. The van der Waals surface area contributed by atoms with Gasteiger partial charge in [-0.2, -0.15) is 0 Å². The molecule has 2 atom stereocenters. The number of Topliss-reactive ketones (excluding diaryl/α,β-unsaturated/α-hetero) is 1. The standard InChI is InChI=1S/C15H19NO3S/c1-3-13(17)15(14(18)19)9-12(10-16(15)2)20-11-7-5-4-6-8-11/h4-8,12H,3,9-10H2,1-2H3,(H,18,19)/t12?,15-/m1/s1. The Bertz CT molecular complexity index is 505. The highest BCUT2D eigenvalue weighted by Gasteiger charge is 2.54. The Hall–Kier alpha value is -1.33. The Kier molecular flexibility index (Phi) is 4.50. The zero-order chi connectivity index (χ0) is 14.8. The van der Waals surface area contributed by atoms with Gasteiger partial charge in [0, 0.05) is 23.1 Å². The lowest BCUT2D eigenvalue weighted by Gasteiger charge is -2.29. The van der Waals surface area contributed by atoms with Gasteiger partial charge >= 0.3 is 5.97 Å². The SMILES string of the molecule is CCC(=O)[C@@]1(C(=O)O)CC(Sc2ccccc2)CN1C. The summed E-state index contributed by atoms with van der Waals surface area (Å²) < 4.78 is 0. The van der Waals surface area contributed by atoms with Crippen LogP contribution < -0.4 is 0 Å². The van der Waals surface area contributed by atoms with Crippen molar-refractivity contribution in [2.75, 3.05) is 13.6 Å². The fraction of sp³-hybridized carbons (Fsp3) is 0.467. The summed E-state index contributed by atoms with van der Waals surface area (Å²) in [7, 11) is 1.73. The molecule has 1 aromatic carbocycles. The number of carbonyl (C=O) groups excluding carboxylic acids is 1. The number of carbonyl (C=O) groups is 2. The fourth-order valence-corrected chi connectivity index (χ4v) is 4.09. The van der Waals surface area contributed by atoms with Crippen molar-refractivity contribution in [3.8, 4) is 0 Å². The van der Waals surface area contributed by atoms with Crippen LogP contribution in [0.25, 0.3) is 0 Å². The molecule has 0 amide bonds. The molecule has 1 N–H and O–H groups in total. The number of rotatable bonds is 5. The molecule has 1 unspecified atom stereocenters. The van der Waals surface area contributed by atoms with Gasteiger partial charge in [0.1, 0.15) is 0 Å². The molecule has 2 rings (SSSR count). The average molecular weight is 293 g/mol. The Morgan fingerprint density at radius 2 is 2.05 bits per heavy atom. The Morgan fingerprint density at radius 1 is 1.40 bits per heavy atom. The average Bonchev–Trinajstić information content (AvgIpc) is 2.76. The van der Waals surface area contributed by atoms with Crippen molar-refractivity contribution in [2.45, 2.75) is 35.4 Å². The highest BCUT2D eigenvalue weighted by Crippen LogP contribution is 2.39. The summed E-state index contributed by atoms with van der Waals surface area (Å²) in [5.41, 5.74) is -1.35. The summed E-state index contributed by atoms with van der Waals surface area (Å²) in [6, 6.07) is 9.89. The minimum absolute atomic E-state index is 0.119. The summed E-state index contributed by atoms with van der Waals surface area (Å²) in [6.45, 7) is 2.33. The summed E-state index contributed by atoms with van der Waals surface area (Å²) in [4.78, 5) is 26.6. The molecule has 1 aliphatic heterocycles. The van der Waals surface area contributed by atoms with Crippen LogP contribution in [0.15, 0.2) is 35.2 Å². The minimum atomic E-state index is -1.35. The van der Waals surface area contributed by atoms with Crippen molar-refractivity contribution in [1.29, 1.82) is 0 Å². The van der Waals surface area contributed by atoms with Crippen molar-refractivity contribution < 1.29 is 14.7 Å². The van der Waals surface area contributed by atoms with Crippen LogP contribution >= 0.6 is 11.8 Å². The molecule has 0 saturated carbocycles. The van der Waals surface area contributed by atoms with Crippen LogP contribution in [-0.2, 0) is 9.59 Å². The number of hydrogen-bond donors (Lipinski definition) is 1. The van der Waals surface area contributed by atoms with Crippen LogP contribution in [-0.4, -0.2) is 46.1 Å². The zero-order valence-corrected chi connectivity index (χ0v) is 12.5. The number of benzene rings is 1. The minimum Gasteiger partial charge on any atom is -0.480 e. The highest BCUT2D eigenvalue weighted by molar-refractivity contribution is 8.00. The molecule has 1 fully saturated rings. The van der Waals surface area contributed by atoms with Crippen LogP contribution in [0.1, 0.15) is 19.8 Å². The van der Waals surface area contributed by atoms with Crippen LogP contribution in [0.5, 0.6) is 0 Å². The molecule has 20 heavy (non-hydrogen) atoms. The third-order valence-corrected chi connectivity index (χ3v) is 5.03. The number of nitrogens with zero attached hydrogens (tertiary/aromatic N) is 1. The molecular formula is C15H19NO3S.